The molecule has 6 heteroatoms. The van der Waals surface area contributed by atoms with Crippen LogP contribution in [-0.4, -0.2) is 37.4 Å². The van der Waals surface area contributed by atoms with Crippen molar-refractivity contribution in [3.8, 4) is 0 Å². The van der Waals surface area contributed by atoms with Crippen molar-refractivity contribution >= 4 is 21.7 Å². The van der Waals surface area contributed by atoms with Crippen molar-refractivity contribution in [3.63, 3.8) is 0 Å². The molecule has 1 aliphatic carbocycles. The van der Waals surface area contributed by atoms with Gasteiger partial charge in [0.25, 0.3) is 0 Å². The Kier molecular flexibility index (Phi) is 3.87. The van der Waals surface area contributed by atoms with Crippen molar-refractivity contribution in [1.82, 2.24) is 4.90 Å². The Labute approximate surface area is 129 Å². The van der Waals surface area contributed by atoms with E-state index in [1.54, 1.807) is 18.2 Å². The molecule has 0 spiro atoms. The Morgan fingerprint density at radius 3 is 2.05 bits per heavy atom. The van der Waals surface area contributed by atoms with E-state index in [4.69, 9.17) is 0 Å². The summed E-state index contributed by atoms with van der Waals surface area (Å²) in [7, 11) is -3.49. The number of sulfone groups is 1. The second-order valence-electron chi connectivity index (χ2n) is 5.62. The van der Waals surface area contributed by atoms with Crippen molar-refractivity contribution in [2.75, 3.05) is 12.3 Å². The van der Waals surface area contributed by atoms with E-state index in [0.29, 0.717) is 12.8 Å². The monoisotopic (exact) mass is 319 g/mol. The fraction of sp³-hybridized carbons (Fsp3) is 0.375. The van der Waals surface area contributed by atoms with Crippen LogP contribution in [0.1, 0.15) is 12.8 Å². The largest absolute Gasteiger partial charge is 0.281 e. The average Bonchev–Trinajstić information content (AvgIpc) is 2.78. The van der Waals surface area contributed by atoms with Crippen LogP contribution < -0.4 is 0 Å². The maximum Gasteiger partial charge on any atom is 0.233 e. The van der Waals surface area contributed by atoms with Gasteiger partial charge in [-0.1, -0.05) is 30.4 Å². The third-order valence-corrected chi connectivity index (χ3v) is 6.00. The number of imide groups is 1. The molecule has 22 heavy (non-hydrogen) atoms. The normalized spacial score (nSPS) is 24.6. The molecule has 1 aliphatic heterocycles. The first-order chi connectivity index (χ1) is 10.5. The summed E-state index contributed by atoms with van der Waals surface area (Å²) < 4.78 is 24.5. The van der Waals surface area contributed by atoms with Gasteiger partial charge in [-0.2, -0.15) is 0 Å². The SMILES string of the molecule is O=C1C2CC=CCC2C(=O)N1CCS(=O)(=O)c1ccccc1. The van der Waals surface area contributed by atoms with Gasteiger partial charge >= 0.3 is 0 Å². The fourth-order valence-electron chi connectivity index (χ4n) is 3.05. The first kappa shape index (κ1) is 15.0. The van der Waals surface area contributed by atoms with E-state index in [-0.39, 0.29) is 40.8 Å². The molecule has 0 aromatic heterocycles. The van der Waals surface area contributed by atoms with Crippen molar-refractivity contribution in [2.24, 2.45) is 11.8 Å². The lowest BCUT2D eigenvalue weighted by molar-refractivity contribution is -0.139. The van der Waals surface area contributed by atoms with Crippen LogP contribution >= 0.6 is 0 Å². The van der Waals surface area contributed by atoms with E-state index in [1.165, 1.54) is 12.1 Å². The van der Waals surface area contributed by atoms with E-state index < -0.39 is 9.84 Å². The molecule has 2 atom stereocenters. The molecule has 5 nitrogen and oxygen atoms in total. The molecule has 1 aromatic carbocycles. The summed E-state index contributed by atoms with van der Waals surface area (Å²) >= 11 is 0. The van der Waals surface area contributed by atoms with Gasteiger partial charge in [-0.25, -0.2) is 8.42 Å². The molecule has 1 aromatic rings. The van der Waals surface area contributed by atoms with Crippen molar-refractivity contribution in [2.45, 2.75) is 17.7 Å². The molecule has 1 saturated heterocycles. The van der Waals surface area contributed by atoms with Crippen LogP contribution in [0.2, 0.25) is 0 Å². The van der Waals surface area contributed by atoms with Crippen molar-refractivity contribution in [3.05, 3.63) is 42.5 Å². The number of carbonyl (C=O) groups excluding carboxylic acids is 2. The molecule has 1 fully saturated rings. The number of likely N-dealkylation sites (tertiary alicyclic amines) is 1. The molecule has 2 unspecified atom stereocenters. The number of allylic oxidation sites excluding steroid dienone is 2. The van der Waals surface area contributed by atoms with Gasteiger partial charge in [0.1, 0.15) is 0 Å². The lowest BCUT2D eigenvalue weighted by atomic mass is 9.85. The van der Waals surface area contributed by atoms with Crippen molar-refractivity contribution in [1.29, 1.82) is 0 Å². The number of nitrogens with zero attached hydrogens (tertiary/aromatic N) is 1. The zero-order valence-corrected chi connectivity index (χ0v) is 12.8. The van der Waals surface area contributed by atoms with Crippen LogP contribution in [-0.2, 0) is 19.4 Å². The Bertz CT molecular complexity index is 698. The first-order valence-electron chi connectivity index (χ1n) is 7.29. The lowest BCUT2D eigenvalue weighted by Crippen LogP contribution is -2.35. The van der Waals surface area contributed by atoms with Crippen LogP contribution in [0.25, 0.3) is 0 Å². The van der Waals surface area contributed by atoms with Gasteiger partial charge < -0.3 is 0 Å². The molecule has 3 rings (SSSR count). The number of benzene rings is 1. The predicted octanol–water partition coefficient (Wildman–Crippen LogP) is 1.41. The zero-order chi connectivity index (χ0) is 15.7. The maximum absolute atomic E-state index is 12.3. The Morgan fingerprint density at radius 2 is 1.50 bits per heavy atom. The van der Waals surface area contributed by atoms with E-state index in [0.717, 1.165) is 4.90 Å². The molecule has 2 amide bonds. The Morgan fingerprint density at radius 1 is 0.955 bits per heavy atom. The maximum atomic E-state index is 12.3. The Balaban J connectivity index is 1.72. The third-order valence-electron chi connectivity index (χ3n) is 4.28. The third kappa shape index (κ3) is 2.59. The van der Waals surface area contributed by atoms with Crippen LogP contribution in [0, 0.1) is 11.8 Å². The smallest absolute Gasteiger partial charge is 0.233 e. The van der Waals surface area contributed by atoms with Gasteiger partial charge in [0.2, 0.25) is 11.8 Å². The highest BCUT2D eigenvalue weighted by molar-refractivity contribution is 7.91. The van der Waals surface area contributed by atoms with E-state index >= 15 is 0 Å². The summed E-state index contributed by atoms with van der Waals surface area (Å²) in [5.41, 5.74) is 0. The zero-order valence-electron chi connectivity index (χ0n) is 12.0. The second-order valence-corrected chi connectivity index (χ2v) is 7.72. The minimum atomic E-state index is -3.49. The Hall–Kier alpha value is -1.95. The van der Waals surface area contributed by atoms with Gasteiger partial charge in [0.05, 0.1) is 22.5 Å². The van der Waals surface area contributed by atoms with Crippen LogP contribution in [0.3, 0.4) is 0 Å². The summed E-state index contributed by atoms with van der Waals surface area (Å²) in [6.07, 6.45) is 4.96. The molecule has 0 radical (unpaired) electrons. The van der Waals surface area contributed by atoms with Crippen LogP contribution in [0.4, 0.5) is 0 Å². The summed E-state index contributed by atoms with van der Waals surface area (Å²) in [4.78, 5) is 25.9. The van der Waals surface area contributed by atoms with Gasteiger partial charge in [0, 0.05) is 6.54 Å². The number of amides is 2. The number of hydrogen-bond acceptors (Lipinski definition) is 4. The number of rotatable bonds is 4. The van der Waals surface area contributed by atoms with Crippen LogP contribution in [0.15, 0.2) is 47.4 Å². The van der Waals surface area contributed by atoms with E-state index in [1.807, 2.05) is 12.2 Å². The van der Waals surface area contributed by atoms with Gasteiger partial charge in [-0.15, -0.1) is 0 Å². The van der Waals surface area contributed by atoms with Crippen LogP contribution in [0.5, 0.6) is 0 Å². The molecule has 0 bridgehead atoms. The summed E-state index contributed by atoms with van der Waals surface area (Å²) in [5, 5.41) is 0. The highest BCUT2D eigenvalue weighted by Gasteiger charge is 2.47. The van der Waals surface area contributed by atoms with E-state index in [9.17, 15) is 18.0 Å². The average molecular weight is 319 g/mol. The van der Waals surface area contributed by atoms with Crippen molar-refractivity contribution < 1.29 is 18.0 Å². The lowest BCUT2D eigenvalue weighted by Gasteiger charge is -2.14. The highest BCUT2D eigenvalue weighted by atomic mass is 32.2. The minimum Gasteiger partial charge on any atom is -0.281 e. The standard InChI is InChI=1S/C16H17NO4S/c18-15-13-8-4-5-9-14(13)16(19)17(15)10-11-22(20,21)12-6-2-1-3-7-12/h1-7,13-14H,8-11H2. The first-order valence-corrected chi connectivity index (χ1v) is 8.94. The summed E-state index contributed by atoms with van der Waals surface area (Å²) in [6.45, 7) is -0.0676. The molecule has 0 saturated carbocycles. The number of carbonyl (C=O) groups is 2. The summed E-state index contributed by atoms with van der Waals surface area (Å²) in [5.74, 6) is -1.32. The summed E-state index contributed by atoms with van der Waals surface area (Å²) in [6, 6.07) is 8.09. The molecule has 116 valence electrons. The highest BCUT2D eigenvalue weighted by Crippen LogP contribution is 2.34. The van der Waals surface area contributed by atoms with Gasteiger partial charge in [0.15, 0.2) is 9.84 Å². The van der Waals surface area contributed by atoms with Gasteiger partial charge in [-0.3, -0.25) is 14.5 Å². The molecule has 0 N–H and O–H groups in total. The second kappa shape index (κ2) is 5.68. The number of fused-ring (bicyclic) bond motifs is 1. The molecular weight excluding hydrogens is 302 g/mol. The molecule has 1 heterocycles. The minimum absolute atomic E-state index is 0.0676. The predicted molar refractivity (Wildman–Crippen MR) is 80.6 cm³/mol. The van der Waals surface area contributed by atoms with E-state index in [2.05, 4.69) is 0 Å². The number of hydrogen-bond donors (Lipinski definition) is 0. The molecule has 2 aliphatic rings. The molecular formula is C16H17NO4S. The van der Waals surface area contributed by atoms with Gasteiger partial charge in [-0.05, 0) is 25.0 Å². The topological polar surface area (TPSA) is 71.5 Å². The fourth-order valence-corrected chi connectivity index (χ4v) is 4.28. The quantitative estimate of drug-likeness (QED) is 0.621.